The zero-order chi connectivity index (χ0) is 17.4. The summed E-state index contributed by atoms with van der Waals surface area (Å²) in [6.45, 7) is 0. The molecule has 0 radical (unpaired) electrons. The molecule has 0 saturated carbocycles. The van der Waals surface area contributed by atoms with Gasteiger partial charge < -0.3 is 9.84 Å². The van der Waals surface area contributed by atoms with Crippen LogP contribution < -0.4 is 4.74 Å². The number of nitrogens with zero attached hydrogens (tertiary/aromatic N) is 3. The van der Waals surface area contributed by atoms with E-state index in [0.717, 1.165) is 0 Å². The molecule has 0 aliphatic rings. The quantitative estimate of drug-likeness (QED) is 0.676. The Morgan fingerprint density at radius 2 is 1.43 bits per heavy atom. The number of hydrogen-bond acceptors (Lipinski definition) is 5. The maximum atomic E-state index is 9.64. The lowest BCUT2D eigenvalue weighted by Gasteiger charge is -2.16. The lowest BCUT2D eigenvalue weighted by molar-refractivity contribution is 0.373. The predicted octanol–water partition coefficient (Wildman–Crippen LogP) is 4.91. The number of halogens is 6. The van der Waals surface area contributed by atoms with Crippen LogP contribution in [0.15, 0.2) is 18.2 Å². The van der Waals surface area contributed by atoms with Crippen molar-refractivity contribution in [2.75, 3.05) is 7.11 Å². The fourth-order valence-corrected chi connectivity index (χ4v) is 2.08. The van der Waals surface area contributed by atoms with Crippen LogP contribution in [0.1, 0.15) is 11.6 Å². The molecule has 0 amide bonds. The Balaban J connectivity index is 2.66. The standard InChI is InChI=1S/C12H7Cl6N3O2/c1-23-7-4-5(2-3-6(7)22)8-19-9(11(13,14)15)21-10(20-8)12(16,17)18/h2-4,22H,1H3. The Hall–Kier alpha value is -0.430. The number of rotatable bonds is 2. The number of alkyl halides is 6. The van der Waals surface area contributed by atoms with E-state index in [4.69, 9.17) is 74.3 Å². The molecule has 1 heterocycles. The summed E-state index contributed by atoms with van der Waals surface area (Å²) < 4.78 is 1.14. The second-order valence-electron chi connectivity index (χ2n) is 4.19. The smallest absolute Gasteiger partial charge is 0.250 e. The minimum atomic E-state index is -1.94. The first kappa shape index (κ1) is 18.9. The SMILES string of the molecule is COc1cc(-c2nc(C(Cl)(Cl)Cl)nc(C(Cl)(Cl)Cl)n2)ccc1O. The van der Waals surface area contributed by atoms with Crippen LogP contribution in [-0.4, -0.2) is 27.2 Å². The fraction of sp³-hybridized carbons (Fsp3) is 0.250. The van der Waals surface area contributed by atoms with Crippen LogP contribution in [0.4, 0.5) is 0 Å². The summed E-state index contributed by atoms with van der Waals surface area (Å²) >= 11 is 34.8. The highest BCUT2D eigenvalue weighted by molar-refractivity contribution is 6.67. The molecule has 1 aromatic carbocycles. The van der Waals surface area contributed by atoms with Crippen molar-refractivity contribution >= 4 is 69.6 Å². The van der Waals surface area contributed by atoms with Gasteiger partial charge in [0.2, 0.25) is 7.59 Å². The van der Waals surface area contributed by atoms with E-state index in [9.17, 15) is 5.11 Å². The number of aromatic hydroxyl groups is 1. The van der Waals surface area contributed by atoms with Crippen molar-refractivity contribution in [2.24, 2.45) is 0 Å². The van der Waals surface area contributed by atoms with Gasteiger partial charge in [-0.25, -0.2) is 15.0 Å². The minimum Gasteiger partial charge on any atom is -0.504 e. The van der Waals surface area contributed by atoms with Crippen LogP contribution in [0.3, 0.4) is 0 Å². The molecule has 2 aromatic rings. The first-order chi connectivity index (χ1) is 10.5. The monoisotopic (exact) mass is 435 g/mol. The van der Waals surface area contributed by atoms with E-state index in [1.165, 1.54) is 25.3 Å². The molecular formula is C12H7Cl6N3O2. The Morgan fingerprint density at radius 1 is 0.913 bits per heavy atom. The second kappa shape index (κ2) is 6.82. The van der Waals surface area contributed by atoms with E-state index < -0.39 is 7.59 Å². The van der Waals surface area contributed by atoms with Gasteiger partial charge in [0.05, 0.1) is 7.11 Å². The third kappa shape index (κ3) is 4.56. The third-order valence-electron chi connectivity index (χ3n) is 2.58. The van der Waals surface area contributed by atoms with Crippen molar-refractivity contribution in [3.8, 4) is 22.9 Å². The van der Waals surface area contributed by atoms with Gasteiger partial charge in [0.25, 0.3) is 0 Å². The molecule has 2 rings (SSSR count). The zero-order valence-corrected chi connectivity index (χ0v) is 15.7. The van der Waals surface area contributed by atoms with E-state index in [1.807, 2.05) is 0 Å². The maximum Gasteiger partial charge on any atom is 0.250 e. The van der Waals surface area contributed by atoms with Gasteiger partial charge in [0.15, 0.2) is 29.0 Å². The highest BCUT2D eigenvalue weighted by Crippen LogP contribution is 2.41. The summed E-state index contributed by atoms with van der Waals surface area (Å²) in [5.41, 5.74) is 0.438. The lowest BCUT2D eigenvalue weighted by Crippen LogP contribution is -2.16. The topological polar surface area (TPSA) is 68.1 Å². The lowest BCUT2D eigenvalue weighted by atomic mass is 10.2. The van der Waals surface area contributed by atoms with Gasteiger partial charge >= 0.3 is 0 Å². The van der Waals surface area contributed by atoms with Crippen LogP contribution in [-0.2, 0) is 7.59 Å². The van der Waals surface area contributed by atoms with Crippen LogP contribution in [0.25, 0.3) is 11.4 Å². The van der Waals surface area contributed by atoms with Gasteiger partial charge in [0.1, 0.15) is 0 Å². The summed E-state index contributed by atoms with van der Waals surface area (Å²) in [6, 6.07) is 4.40. The molecule has 124 valence electrons. The highest BCUT2D eigenvalue weighted by Gasteiger charge is 2.34. The van der Waals surface area contributed by atoms with Gasteiger partial charge in [-0.2, -0.15) is 0 Å². The largest absolute Gasteiger partial charge is 0.504 e. The number of methoxy groups -OCH3 is 1. The van der Waals surface area contributed by atoms with Crippen molar-refractivity contribution in [3.05, 3.63) is 29.8 Å². The van der Waals surface area contributed by atoms with Crippen molar-refractivity contribution in [2.45, 2.75) is 7.59 Å². The average Bonchev–Trinajstić information content (AvgIpc) is 2.45. The number of hydrogen-bond donors (Lipinski definition) is 1. The van der Waals surface area contributed by atoms with Crippen LogP contribution >= 0.6 is 69.6 Å². The Bertz CT molecular complexity index is 697. The number of ether oxygens (including phenoxy) is 1. The van der Waals surface area contributed by atoms with E-state index in [-0.39, 0.29) is 29.0 Å². The summed E-state index contributed by atoms with van der Waals surface area (Å²) in [4.78, 5) is 12.0. The van der Waals surface area contributed by atoms with Gasteiger partial charge in [-0.3, -0.25) is 0 Å². The molecule has 5 nitrogen and oxygen atoms in total. The fourth-order valence-electron chi connectivity index (χ4n) is 1.58. The zero-order valence-electron chi connectivity index (χ0n) is 11.2. The average molecular weight is 438 g/mol. The number of phenols is 1. The molecule has 0 saturated heterocycles. The van der Waals surface area contributed by atoms with Crippen LogP contribution in [0, 0.1) is 0 Å². The summed E-state index contributed by atoms with van der Waals surface area (Å²) in [6.07, 6.45) is 0. The van der Waals surface area contributed by atoms with E-state index in [0.29, 0.717) is 5.56 Å². The Kier molecular flexibility index (Phi) is 5.61. The number of phenolic OH excluding ortho intramolecular Hbond substituents is 1. The van der Waals surface area contributed by atoms with E-state index >= 15 is 0 Å². The van der Waals surface area contributed by atoms with Gasteiger partial charge in [-0.15, -0.1) is 0 Å². The van der Waals surface area contributed by atoms with Crippen LogP contribution in [0.5, 0.6) is 11.5 Å². The molecule has 0 spiro atoms. The molecule has 1 aromatic heterocycles. The maximum absolute atomic E-state index is 9.64. The third-order valence-corrected chi connectivity index (χ3v) is 3.59. The van der Waals surface area contributed by atoms with Crippen molar-refractivity contribution in [1.29, 1.82) is 0 Å². The molecule has 1 N–H and O–H groups in total. The van der Waals surface area contributed by atoms with Crippen molar-refractivity contribution in [1.82, 2.24) is 15.0 Å². The van der Waals surface area contributed by atoms with E-state index in [2.05, 4.69) is 15.0 Å². The second-order valence-corrected chi connectivity index (χ2v) is 8.75. The number of aromatic nitrogens is 3. The molecule has 0 aliphatic heterocycles. The first-order valence-electron chi connectivity index (χ1n) is 5.80. The Morgan fingerprint density at radius 3 is 1.87 bits per heavy atom. The van der Waals surface area contributed by atoms with Crippen molar-refractivity contribution in [3.63, 3.8) is 0 Å². The first-order valence-corrected chi connectivity index (χ1v) is 8.07. The van der Waals surface area contributed by atoms with Gasteiger partial charge in [-0.1, -0.05) is 69.6 Å². The molecule has 0 bridgehead atoms. The summed E-state index contributed by atoms with van der Waals surface area (Å²) in [5.74, 6) is -0.190. The normalized spacial score (nSPS) is 12.3. The minimum absolute atomic E-state index is 0.0616. The molecular weight excluding hydrogens is 431 g/mol. The predicted molar refractivity (Wildman–Crippen MR) is 92.0 cm³/mol. The molecule has 0 atom stereocenters. The van der Waals surface area contributed by atoms with Crippen molar-refractivity contribution < 1.29 is 9.84 Å². The Labute approximate surface area is 161 Å². The molecule has 0 unspecified atom stereocenters. The molecule has 0 fully saturated rings. The summed E-state index contributed by atoms with van der Waals surface area (Å²) in [7, 11) is 1.39. The highest BCUT2D eigenvalue weighted by atomic mass is 35.6. The summed E-state index contributed by atoms with van der Waals surface area (Å²) in [5, 5.41) is 9.64. The molecule has 11 heteroatoms. The van der Waals surface area contributed by atoms with E-state index in [1.54, 1.807) is 0 Å². The molecule has 23 heavy (non-hydrogen) atoms. The number of benzene rings is 1. The molecule has 0 aliphatic carbocycles. The van der Waals surface area contributed by atoms with Crippen LogP contribution in [0.2, 0.25) is 0 Å². The van der Waals surface area contributed by atoms with Gasteiger partial charge in [0, 0.05) is 5.56 Å². The van der Waals surface area contributed by atoms with Gasteiger partial charge in [-0.05, 0) is 18.2 Å².